The van der Waals surface area contributed by atoms with Crippen LogP contribution < -0.4 is 0 Å². The van der Waals surface area contributed by atoms with Crippen molar-refractivity contribution in [2.75, 3.05) is 33.2 Å². The van der Waals surface area contributed by atoms with E-state index in [1.165, 1.54) is 21.4 Å². The standard InChI is InChI=1S/C27H29N3O/c1-20-12-14-22(15-13-20)26(29-18-16-28(2)17-19-29)25-23-10-6-7-11-24(23)30(31)27(25)21-8-4-3-5-9-21/h3-15,26,31H,16-19H2,1-2H3/t26-/m0/s1. The summed E-state index contributed by atoms with van der Waals surface area (Å²) in [4.78, 5) is 4.95. The predicted molar refractivity (Wildman–Crippen MR) is 127 cm³/mol. The molecule has 1 N–H and O–H groups in total. The normalized spacial score (nSPS) is 16.6. The summed E-state index contributed by atoms with van der Waals surface area (Å²) in [5.41, 5.74) is 6.46. The van der Waals surface area contributed by atoms with Crippen molar-refractivity contribution < 1.29 is 5.21 Å². The molecular formula is C27H29N3O. The second kappa shape index (κ2) is 8.22. The van der Waals surface area contributed by atoms with Crippen molar-refractivity contribution in [2.24, 2.45) is 0 Å². The lowest BCUT2D eigenvalue weighted by molar-refractivity contribution is 0.127. The smallest absolute Gasteiger partial charge is 0.0930 e. The third-order valence-electron chi connectivity index (χ3n) is 6.51. The lowest BCUT2D eigenvalue weighted by Crippen LogP contribution is -2.46. The van der Waals surface area contributed by atoms with Gasteiger partial charge in [0.15, 0.2) is 0 Å². The van der Waals surface area contributed by atoms with Gasteiger partial charge in [0.25, 0.3) is 0 Å². The van der Waals surface area contributed by atoms with Gasteiger partial charge in [-0.2, -0.15) is 4.73 Å². The minimum atomic E-state index is 0.0720. The number of piperazine rings is 1. The van der Waals surface area contributed by atoms with Gasteiger partial charge in [0.1, 0.15) is 0 Å². The van der Waals surface area contributed by atoms with Crippen molar-refractivity contribution in [3.05, 3.63) is 95.6 Å². The minimum Gasteiger partial charge on any atom is -0.428 e. The van der Waals surface area contributed by atoms with Crippen molar-refractivity contribution in [1.82, 2.24) is 14.5 Å². The van der Waals surface area contributed by atoms with E-state index in [4.69, 9.17) is 0 Å². The first kappa shape index (κ1) is 19.9. The lowest BCUT2D eigenvalue weighted by atomic mass is 9.91. The number of hydrogen-bond acceptors (Lipinski definition) is 3. The quantitative estimate of drug-likeness (QED) is 0.469. The van der Waals surface area contributed by atoms with Gasteiger partial charge < -0.3 is 10.1 Å². The zero-order valence-corrected chi connectivity index (χ0v) is 18.2. The average molecular weight is 412 g/mol. The summed E-state index contributed by atoms with van der Waals surface area (Å²) in [5.74, 6) is 0. The van der Waals surface area contributed by atoms with Crippen molar-refractivity contribution in [2.45, 2.75) is 13.0 Å². The zero-order valence-electron chi connectivity index (χ0n) is 18.2. The second-order valence-electron chi connectivity index (χ2n) is 8.61. The summed E-state index contributed by atoms with van der Waals surface area (Å²) in [5, 5.41) is 12.4. The minimum absolute atomic E-state index is 0.0720. The molecule has 1 saturated heterocycles. The molecule has 4 heteroatoms. The number of nitrogens with zero attached hydrogens (tertiary/aromatic N) is 3. The number of para-hydroxylation sites is 1. The van der Waals surface area contributed by atoms with E-state index in [0.717, 1.165) is 48.3 Å². The van der Waals surface area contributed by atoms with Crippen molar-refractivity contribution in [1.29, 1.82) is 0 Å². The van der Waals surface area contributed by atoms with Gasteiger partial charge in [-0.3, -0.25) is 4.90 Å². The Bertz CT molecular complexity index is 1170. The number of fused-ring (bicyclic) bond motifs is 1. The van der Waals surface area contributed by atoms with Crippen LogP contribution in [0.1, 0.15) is 22.7 Å². The number of rotatable bonds is 4. The van der Waals surface area contributed by atoms with E-state index >= 15 is 0 Å². The van der Waals surface area contributed by atoms with Crippen molar-refractivity contribution >= 4 is 10.9 Å². The Labute approximate surface area is 183 Å². The van der Waals surface area contributed by atoms with E-state index in [9.17, 15) is 5.21 Å². The largest absolute Gasteiger partial charge is 0.428 e. The third-order valence-corrected chi connectivity index (χ3v) is 6.51. The molecule has 1 fully saturated rings. The Hall–Kier alpha value is -3.08. The molecule has 4 aromatic rings. The maximum atomic E-state index is 11.3. The molecule has 2 heterocycles. The monoisotopic (exact) mass is 411 g/mol. The van der Waals surface area contributed by atoms with Gasteiger partial charge in [-0.1, -0.05) is 78.4 Å². The highest BCUT2D eigenvalue weighted by Crippen LogP contribution is 2.42. The highest BCUT2D eigenvalue weighted by atomic mass is 16.5. The fourth-order valence-electron chi connectivity index (χ4n) is 4.79. The van der Waals surface area contributed by atoms with Crippen LogP contribution in [-0.2, 0) is 0 Å². The van der Waals surface area contributed by atoms with Crippen LogP contribution in [0.15, 0.2) is 78.9 Å². The molecule has 158 valence electrons. The van der Waals surface area contributed by atoms with Crippen LogP contribution in [0, 0.1) is 6.92 Å². The van der Waals surface area contributed by atoms with Crippen LogP contribution in [0.5, 0.6) is 0 Å². The molecule has 0 radical (unpaired) electrons. The molecule has 1 atom stereocenters. The van der Waals surface area contributed by atoms with E-state index in [1.807, 2.05) is 30.3 Å². The molecule has 0 bridgehead atoms. The molecule has 4 nitrogen and oxygen atoms in total. The molecule has 0 unspecified atom stereocenters. The van der Waals surface area contributed by atoms with E-state index in [0.29, 0.717) is 0 Å². The molecule has 5 rings (SSSR count). The summed E-state index contributed by atoms with van der Waals surface area (Å²) in [7, 11) is 2.19. The second-order valence-corrected chi connectivity index (χ2v) is 8.61. The van der Waals surface area contributed by atoms with Gasteiger partial charge in [0, 0.05) is 42.7 Å². The first-order valence-corrected chi connectivity index (χ1v) is 11.0. The molecule has 1 aliphatic heterocycles. The number of likely N-dealkylation sites (N-methyl/N-ethyl adjacent to an activating group) is 1. The fraction of sp³-hybridized carbons (Fsp3) is 0.259. The molecule has 1 aliphatic rings. The van der Waals surface area contributed by atoms with E-state index in [-0.39, 0.29) is 6.04 Å². The van der Waals surface area contributed by atoms with E-state index in [2.05, 4.69) is 72.3 Å². The molecule has 0 aliphatic carbocycles. The van der Waals surface area contributed by atoms with Gasteiger partial charge >= 0.3 is 0 Å². The Kier molecular flexibility index (Phi) is 5.26. The Morgan fingerprint density at radius 2 is 1.42 bits per heavy atom. The Morgan fingerprint density at radius 1 is 0.774 bits per heavy atom. The maximum Gasteiger partial charge on any atom is 0.0930 e. The van der Waals surface area contributed by atoms with Crippen LogP contribution >= 0.6 is 0 Å². The predicted octanol–water partition coefficient (Wildman–Crippen LogP) is 5.19. The molecule has 31 heavy (non-hydrogen) atoms. The Morgan fingerprint density at radius 3 is 2.13 bits per heavy atom. The van der Waals surface area contributed by atoms with Gasteiger partial charge in [-0.15, -0.1) is 0 Å². The fourth-order valence-corrected chi connectivity index (χ4v) is 4.79. The lowest BCUT2D eigenvalue weighted by Gasteiger charge is -2.38. The van der Waals surface area contributed by atoms with Crippen LogP contribution in [0.4, 0.5) is 0 Å². The summed E-state index contributed by atoms with van der Waals surface area (Å²) < 4.78 is 1.39. The molecule has 3 aromatic carbocycles. The Balaban J connectivity index is 1.77. The summed E-state index contributed by atoms with van der Waals surface area (Å²) in [6, 6.07) is 27.4. The highest BCUT2D eigenvalue weighted by molar-refractivity contribution is 5.92. The highest BCUT2D eigenvalue weighted by Gasteiger charge is 2.32. The molecule has 0 saturated carbocycles. The SMILES string of the molecule is Cc1ccc([C@@H](c2c(-c3ccccc3)n(O)c3ccccc23)N2CCN(C)CC2)cc1. The average Bonchev–Trinajstić information content (AvgIpc) is 3.09. The molecule has 1 aromatic heterocycles. The van der Waals surface area contributed by atoms with E-state index in [1.54, 1.807) is 0 Å². The summed E-state index contributed by atoms with van der Waals surface area (Å²) in [6.07, 6.45) is 0. The topological polar surface area (TPSA) is 31.6 Å². The van der Waals surface area contributed by atoms with Crippen LogP contribution in [0.3, 0.4) is 0 Å². The summed E-state index contributed by atoms with van der Waals surface area (Å²) >= 11 is 0. The van der Waals surface area contributed by atoms with Gasteiger partial charge in [0.2, 0.25) is 0 Å². The maximum absolute atomic E-state index is 11.3. The van der Waals surface area contributed by atoms with Crippen molar-refractivity contribution in [3.63, 3.8) is 0 Å². The number of benzene rings is 3. The molecule has 0 amide bonds. The van der Waals surface area contributed by atoms with Gasteiger partial charge in [0.05, 0.1) is 17.3 Å². The van der Waals surface area contributed by atoms with Gasteiger partial charge in [-0.25, -0.2) is 0 Å². The third kappa shape index (κ3) is 3.62. The molecular weight excluding hydrogens is 382 g/mol. The molecule has 0 spiro atoms. The van der Waals surface area contributed by atoms with Crippen LogP contribution in [-0.4, -0.2) is 53.0 Å². The number of aromatic nitrogens is 1. The first-order chi connectivity index (χ1) is 15.1. The van der Waals surface area contributed by atoms with Crippen molar-refractivity contribution in [3.8, 4) is 11.3 Å². The van der Waals surface area contributed by atoms with Crippen LogP contribution in [0.25, 0.3) is 22.2 Å². The van der Waals surface area contributed by atoms with Gasteiger partial charge in [-0.05, 0) is 25.6 Å². The van der Waals surface area contributed by atoms with Crippen LogP contribution in [0.2, 0.25) is 0 Å². The summed E-state index contributed by atoms with van der Waals surface area (Å²) in [6.45, 7) is 6.20. The zero-order chi connectivity index (χ0) is 21.4. The first-order valence-electron chi connectivity index (χ1n) is 11.0. The number of hydrogen-bond donors (Lipinski definition) is 1. The van der Waals surface area contributed by atoms with E-state index < -0.39 is 0 Å². The number of aryl methyl sites for hydroxylation is 1.